The highest BCUT2D eigenvalue weighted by atomic mass is 16.6. The number of nitrogens with zero attached hydrogens (tertiary/aromatic N) is 1. The largest absolute Gasteiger partial charge is 0.493 e. The fraction of sp³-hybridized carbons (Fsp3) is 0.429. The van der Waals surface area contributed by atoms with Crippen molar-refractivity contribution in [2.45, 2.75) is 33.6 Å². The lowest BCUT2D eigenvalue weighted by Gasteiger charge is -2.30. The Morgan fingerprint density at radius 2 is 1.42 bits per heavy atom. The Balaban J connectivity index is 2.90. The molecule has 1 aliphatic rings. The van der Waals surface area contributed by atoms with Crippen LogP contribution in [0.4, 0.5) is 5.69 Å². The van der Waals surface area contributed by atoms with Crippen LogP contribution in [-0.2, 0) is 19.1 Å². The number of carbonyl (C=O) groups is 2. The van der Waals surface area contributed by atoms with Gasteiger partial charge in [-0.3, -0.25) is 10.1 Å². The highest BCUT2D eigenvalue weighted by Gasteiger charge is 2.41. The van der Waals surface area contributed by atoms with Crippen LogP contribution in [0.1, 0.15) is 39.2 Å². The first-order valence-electron chi connectivity index (χ1n) is 9.64. The summed E-state index contributed by atoms with van der Waals surface area (Å²) in [6.45, 7) is 6.74. The molecule has 168 valence electrons. The van der Waals surface area contributed by atoms with Crippen molar-refractivity contribution in [1.82, 2.24) is 5.32 Å². The first kappa shape index (κ1) is 23.7. The van der Waals surface area contributed by atoms with Gasteiger partial charge in [-0.2, -0.15) is 0 Å². The van der Waals surface area contributed by atoms with E-state index in [9.17, 15) is 19.7 Å². The smallest absolute Gasteiger partial charge is 0.336 e. The summed E-state index contributed by atoms with van der Waals surface area (Å²) in [7, 11) is 2.74. The van der Waals surface area contributed by atoms with Crippen LogP contribution < -0.4 is 14.8 Å². The van der Waals surface area contributed by atoms with Crippen LogP contribution in [0.25, 0.3) is 0 Å². The highest BCUT2D eigenvalue weighted by molar-refractivity contribution is 6.00. The normalized spacial score (nSPS) is 14.1. The number of esters is 2. The zero-order chi connectivity index (χ0) is 23.3. The number of hydrogen-bond acceptors (Lipinski definition) is 9. The van der Waals surface area contributed by atoms with E-state index in [1.54, 1.807) is 27.7 Å². The second kappa shape index (κ2) is 9.96. The molecule has 1 aromatic rings. The van der Waals surface area contributed by atoms with E-state index in [1.165, 1.54) is 26.4 Å². The average Bonchev–Trinajstić information content (AvgIpc) is 2.72. The summed E-state index contributed by atoms with van der Waals surface area (Å²) in [6, 6.07) is 2.60. The second-order valence-corrected chi connectivity index (χ2v) is 6.60. The fourth-order valence-corrected chi connectivity index (χ4v) is 3.54. The van der Waals surface area contributed by atoms with Crippen LogP contribution in [0, 0.1) is 10.1 Å². The molecule has 0 fully saturated rings. The lowest BCUT2D eigenvalue weighted by atomic mass is 9.79. The molecule has 0 spiro atoms. The number of carbonyl (C=O) groups excluding carboxylic acids is 2. The number of nitro groups is 1. The fourth-order valence-electron chi connectivity index (χ4n) is 3.54. The first-order valence-corrected chi connectivity index (χ1v) is 9.64. The molecule has 0 aromatic heterocycles. The molecule has 31 heavy (non-hydrogen) atoms. The van der Waals surface area contributed by atoms with Crippen molar-refractivity contribution in [2.75, 3.05) is 27.4 Å². The van der Waals surface area contributed by atoms with E-state index in [0.717, 1.165) is 0 Å². The number of nitro benzene ring substituents is 1. The van der Waals surface area contributed by atoms with Crippen molar-refractivity contribution in [1.29, 1.82) is 0 Å². The topological polar surface area (TPSA) is 126 Å². The Labute approximate surface area is 180 Å². The van der Waals surface area contributed by atoms with E-state index in [1.807, 2.05) is 0 Å². The number of dihydropyridines is 1. The van der Waals surface area contributed by atoms with Crippen molar-refractivity contribution in [3.8, 4) is 11.5 Å². The quantitative estimate of drug-likeness (QED) is 0.373. The van der Waals surface area contributed by atoms with E-state index < -0.39 is 22.8 Å². The molecule has 1 aromatic carbocycles. The lowest BCUT2D eigenvalue weighted by molar-refractivity contribution is -0.385. The van der Waals surface area contributed by atoms with Gasteiger partial charge < -0.3 is 24.3 Å². The first-order chi connectivity index (χ1) is 14.7. The van der Waals surface area contributed by atoms with Gasteiger partial charge in [0.25, 0.3) is 5.69 Å². The van der Waals surface area contributed by atoms with Gasteiger partial charge in [-0.05, 0) is 33.8 Å². The van der Waals surface area contributed by atoms with Gasteiger partial charge in [0.1, 0.15) is 0 Å². The molecule has 0 saturated carbocycles. The highest BCUT2D eigenvalue weighted by Crippen LogP contribution is 2.46. The predicted octanol–water partition coefficient (Wildman–Crippen LogP) is 2.97. The standard InChI is InChI=1S/C21H26N2O8/c1-7-30-20(24)17-11(3)22-12(4)18(21(25)31-8-2)19(17)13-9-15(28-5)16(29-6)10-14(13)23(26)27/h9-10,19,22H,7-8H2,1-6H3. The number of allylic oxidation sites excluding steroid dienone is 2. The number of rotatable bonds is 8. The lowest BCUT2D eigenvalue weighted by Crippen LogP contribution is -2.33. The van der Waals surface area contributed by atoms with Gasteiger partial charge in [-0.1, -0.05) is 0 Å². The van der Waals surface area contributed by atoms with Crippen LogP contribution in [0.5, 0.6) is 11.5 Å². The maximum Gasteiger partial charge on any atom is 0.336 e. The third-order valence-electron chi connectivity index (χ3n) is 4.79. The maximum atomic E-state index is 12.9. The molecule has 10 nitrogen and oxygen atoms in total. The molecular weight excluding hydrogens is 408 g/mol. The van der Waals surface area contributed by atoms with Crippen molar-refractivity contribution < 1.29 is 33.5 Å². The van der Waals surface area contributed by atoms with Crippen LogP contribution in [0.2, 0.25) is 0 Å². The maximum absolute atomic E-state index is 12.9. The summed E-state index contributed by atoms with van der Waals surface area (Å²) >= 11 is 0. The van der Waals surface area contributed by atoms with Gasteiger partial charge in [-0.15, -0.1) is 0 Å². The molecule has 1 heterocycles. The Morgan fingerprint density at radius 3 is 1.81 bits per heavy atom. The summed E-state index contributed by atoms with van der Waals surface area (Å²) in [5.41, 5.74) is 0.718. The van der Waals surface area contributed by atoms with Gasteiger partial charge in [-0.25, -0.2) is 9.59 Å². The summed E-state index contributed by atoms with van der Waals surface area (Å²) in [6.07, 6.45) is 0. The molecule has 0 amide bonds. The van der Waals surface area contributed by atoms with Crippen LogP contribution >= 0.6 is 0 Å². The summed E-state index contributed by atoms with van der Waals surface area (Å²) in [5, 5.41) is 14.9. The summed E-state index contributed by atoms with van der Waals surface area (Å²) in [4.78, 5) is 37.1. The zero-order valence-corrected chi connectivity index (χ0v) is 18.4. The van der Waals surface area contributed by atoms with Crippen molar-refractivity contribution >= 4 is 17.6 Å². The third kappa shape index (κ3) is 4.62. The Kier molecular flexibility index (Phi) is 7.62. The predicted molar refractivity (Wildman–Crippen MR) is 111 cm³/mol. The molecule has 1 aliphatic heterocycles. The van der Waals surface area contributed by atoms with Gasteiger partial charge in [0, 0.05) is 17.0 Å². The Bertz CT molecular complexity index is 924. The molecule has 0 bridgehead atoms. The second-order valence-electron chi connectivity index (χ2n) is 6.60. The number of hydrogen-bond donors (Lipinski definition) is 1. The molecule has 2 rings (SSSR count). The molecular formula is C21H26N2O8. The van der Waals surface area contributed by atoms with Crippen molar-refractivity contribution in [2.24, 2.45) is 0 Å². The van der Waals surface area contributed by atoms with E-state index in [4.69, 9.17) is 18.9 Å². The number of methoxy groups -OCH3 is 2. The minimum Gasteiger partial charge on any atom is -0.493 e. The molecule has 0 saturated heterocycles. The molecule has 0 aliphatic carbocycles. The number of benzene rings is 1. The van der Waals surface area contributed by atoms with E-state index in [2.05, 4.69) is 5.32 Å². The molecule has 1 N–H and O–H groups in total. The molecule has 0 atom stereocenters. The Hall–Kier alpha value is -3.56. The summed E-state index contributed by atoms with van der Waals surface area (Å²) in [5.74, 6) is -2.15. The SMILES string of the molecule is CCOC(=O)C1=C(C)NC(C)=C(C(=O)OCC)C1c1cc(OC)c(OC)cc1[N+](=O)[O-]. The molecule has 10 heteroatoms. The minimum atomic E-state index is -1.11. The molecule has 0 radical (unpaired) electrons. The van der Waals surface area contributed by atoms with Gasteiger partial charge in [0.05, 0.1) is 55.5 Å². The third-order valence-corrected chi connectivity index (χ3v) is 4.79. The number of ether oxygens (including phenoxy) is 4. The summed E-state index contributed by atoms with van der Waals surface area (Å²) < 4.78 is 20.9. The van der Waals surface area contributed by atoms with Crippen LogP contribution in [0.15, 0.2) is 34.7 Å². The van der Waals surface area contributed by atoms with Gasteiger partial charge in [0.15, 0.2) is 11.5 Å². The van der Waals surface area contributed by atoms with E-state index >= 15 is 0 Å². The average molecular weight is 434 g/mol. The van der Waals surface area contributed by atoms with Crippen LogP contribution in [-0.4, -0.2) is 44.3 Å². The van der Waals surface area contributed by atoms with E-state index in [-0.39, 0.29) is 47.1 Å². The van der Waals surface area contributed by atoms with Gasteiger partial charge >= 0.3 is 11.9 Å². The Morgan fingerprint density at radius 1 is 0.968 bits per heavy atom. The van der Waals surface area contributed by atoms with Gasteiger partial charge in [0.2, 0.25) is 0 Å². The molecule has 0 unspecified atom stereocenters. The zero-order valence-electron chi connectivity index (χ0n) is 18.4. The number of nitrogens with one attached hydrogen (secondary N) is 1. The van der Waals surface area contributed by atoms with Crippen LogP contribution in [0.3, 0.4) is 0 Å². The van der Waals surface area contributed by atoms with E-state index in [0.29, 0.717) is 11.4 Å². The van der Waals surface area contributed by atoms with Crippen molar-refractivity contribution in [3.63, 3.8) is 0 Å². The van der Waals surface area contributed by atoms with Crippen molar-refractivity contribution in [3.05, 3.63) is 50.4 Å². The monoisotopic (exact) mass is 434 g/mol. The minimum absolute atomic E-state index is 0.0748.